The molecule has 0 spiro atoms. The Kier molecular flexibility index (Phi) is 5.37. The van der Waals surface area contributed by atoms with Crippen LogP contribution in [0.2, 0.25) is 0 Å². The van der Waals surface area contributed by atoms with E-state index in [0.717, 1.165) is 16.9 Å². The van der Waals surface area contributed by atoms with Crippen molar-refractivity contribution in [2.45, 2.75) is 32.5 Å². The van der Waals surface area contributed by atoms with Gasteiger partial charge in [-0.15, -0.1) is 0 Å². The fourth-order valence-corrected chi connectivity index (χ4v) is 1.92. The van der Waals surface area contributed by atoms with Crippen molar-refractivity contribution >= 4 is 0 Å². The molecule has 0 aliphatic carbocycles. The molecule has 0 aromatic heterocycles. The highest BCUT2D eigenvalue weighted by Gasteiger charge is 2.15. The molecule has 21 heavy (non-hydrogen) atoms. The molecular weight excluding hydrogens is 262 g/mol. The van der Waals surface area contributed by atoms with Crippen LogP contribution in [0.15, 0.2) is 54.6 Å². The predicted molar refractivity (Wildman–Crippen MR) is 85.2 cm³/mol. The van der Waals surface area contributed by atoms with Crippen molar-refractivity contribution in [3.8, 4) is 5.75 Å². The van der Waals surface area contributed by atoms with Crippen molar-refractivity contribution in [2.75, 3.05) is 6.61 Å². The lowest BCUT2D eigenvalue weighted by Gasteiger charge is -2.24. The van der Waals surface area contributed by atoms with E-state index in [1.165, 1.54) is 0 Å². The maximum atomic E-state index is 9.30. The topological polar surface area (TPSA) is 41.5 Å². The third-order valence-electron chi connectivity index (χ3n) is 3.36. The Balaban J connectivity index is 2.00. The lowest BCUT2D eigenvalue weighted by molar-refractivity contribution is 0.186. The third-order valence-corrected chi connectivity index (χ3v) is 3.36. The first-order valence-corrected chi connectivity index (χ1v) is 7.21. The Morgan fingerprint density at radius 1 is 1.00 bits per heavy atom. The molecule has 0 radical (unpaired) electrons. The Labute approximate surface area is 126 Å². The number of nitrogens with one attached hydrogen (secondary N) is 1. The summed E-state index contributed by atoms with van der Waals surface area (Å²) in [5.41, 5.74) is 1.94. The molecule has 0 saturated heterocycles. The molecule has 3 nitrogen and oxygen atoms in total. The number of rotatable bonds is 7. The van der Waals surface area contributed by atoms with Gasteiger partial charge in [0.15, 0.2) is 0 Å². The molecular formula is C18H23NO2. The van der Waals surface area contributed by atoms with Gasteiger partial charge in [-0.1, -0.05) is 48.5 Å². The highest BCUT2D eigenvalue weighted by Crippen LogP contribution is 2.20. The third kappa shape index (κ3) is 4.88. The summed E-state index contributed by atoms with van der Waals surface area (Å²) in [6.45, 7) is 5.26. The van der Waals surface area contributed by atoms with E-state index in [1.54, 1.807) is 0 Å². The van der Waals surface area contributed by atoms with Crippen molar-refractivity contribution in [3.05, 3.63) is 65.7 Å². The van der Waals surface area contributed by atoms with Crippen LogP contribution < -0.4 is 10.1 Å². The standard InChI is InChI=1S/C18H23NO2/c1-18(2,14-20)19-12-16-10-6-7-11-17(16)21-13-15-8-4-3-5-9-15/h3-11,19-20H,12-14H2,1-2H3. The van der Waals surface area contributed by atoms with Crippen LogP contribution in [0.1, 0.15) is 25.0 Å². The lowest BCUT2D eigenvalue weighted by Crippen LogP contribution is -2.42. The number of aliphatic hydroxyl groups excluding tert-OH is 1. The van der Waals surface area contributed by atoms with E-state index in [-0.39, 0.29) is 12.1 Å². The number of aliphatic hydroxyl groups is 1. The zero-order valence-electron chi connectivity index (χ0n) is 12.7. The Bertz CT molecular complexity index is 552. The monoisotopic (exact) mass is 285 g/mol. The van der Waals surface area contributed by atoms with Gasteiger partial charge in [-0.3, -0.25) is 0 Å². The lowest BCUT2D eigenvalue weighted by atomic mass is 10.1. The number of ether oxygens (including phenoxy) is 1. The minimum Gasteiger partial charge on any atom is -0.489 e. The van der Waals surface area contributed by atoms with Crippen LogP contribution in [0, 0.1) is 0 Å². The first-order valence-electron chi connectivity index (χ1n) is 7.21. The molecule has 3 heteroatoms. The van der Waals surface area contributed by atoms with Crippen LogP contribution >= 0.6 is 0 Å². The van der Waals surface area contributed by atoms with E-state index < -0.39 is 0 Å². The van der Waals surface area contributed by atoms with Crippen LogP contribution in [-0.2, 0) is 13.2 Å². The van der Waals surface area contributed by atoms with Crippen LogP contribution in [0.5, 0.6) is 5.75 Å². The van der Waals surface area contributed by atoms with Crippen molar-refractivity contribution < 1.29 is 9.84 Å². The Hall–Kier alpha value is -1.84. The zero-order chi connectivity index (χ0) is 15.1. The summed E-state index contributed by atoms with van der Waals surface area (Å²) in [6.07, 6.45) is 0. The van der Waals surface area contributed by atoms with Crippen molar-refractivity contribution in [2.24, 2.45) is 0 Å². The molecule has 0 aliphatic heterocycles. The maximum Gasteiger partial charge on any atom is 0.124 e. The molecule has 0 aliphatic rings. The predicted octanol–water partition coefficient (Wildman–Crippen LogP) is 3.13. The van der Waals surface area contributed by atoms with Crippen LogP contribution in [0.25, 0.3) is 0 Å². The zero-order valence-corrected chi connectivity index (χ0v) is 12.7. The van der Waals surface area contributed by atoms with E-state index in [9.17, 15) is 5.11 Å². The van der Waals surface area contributed by atoms with Crippen LogP contribution in [-0.4, -0.2) is 17.3 Å². The van der Waals surface area contributed by atoms with E-state index in [2.05, 4.69) is 17.4 Å². The molecule has 2 N–H and O–H groups in total. The average Bonchev–Trinajstić information content (AvgIpc) is 2.53. The Morgan fingerprint density at radius 3 is 2.38 bits per heavy atom. The molecule has 0 heterocycles. The first kappa shape index (κ1) is 15.5. The molecule has 0 unspecified atom stereocenters. The van der Waals surface area contributed by atoms with E-state index >= 15 is 0 Å². The molecule has 0 bridgehead atoms. The summed E-state index contributed by atoms with van der Waals surface area (Å²) < 4.78 is 5.92. The fraction of sp³-hybridized carbons (Fsp3) is 0.333. The largest absolute Gasteiger partial charge is 0.489 e. The minimum atomic E-state index is -0.299. The minimum absolute atomic E-state index is 0.0973. The summed E-state index contributed by atoms with van der Waals surface area (Å²) in [5.74, 6) is 0.877. The normalized spacial score (nSPS) is 11.4. The highest BCUT2D eigenvalue weighted by molar-refractivity contribution is 5.33. The van der Waals surface area contributed by atoms with Gasteiger partial charge >= 0.3 is 0 Å². The van der Waals surface area contributed by atoms with Crippen molar-refractivity contribution in [1.82, 2.24) is 5.32 Å². The summed E-state index contributed by atoms with van der Waals surface area (Å²) in [5, 5.41) is 12.6. The second-order valence-electron chi connectivity index (χ2n) is 5.78. The molecule has 2 aromatic carbocycles. The van der Waals surface area contributed by atoms with Gasteiger partial charge in [0.2, 0.25) is 0 Å². The summed E-state index contributed by atoms with van der Waals surface area (Å²) in [7, 11) is 0. The van der Waals surface area contributed by atoms with E-state index in [1.807, 2.05) is 56.3 Å². The summed E-state index contributed by atoms with van der Waals surface area (Å²) in [4.78, 5) is 0. The molecule has 2 aromatic rings. The molecule has 112 valence electrons. The SMILES string of the molecule is CC(C)(CO)NCc1ccccc1OCc1ccccc1. The van der Waals surface area contributed by atoms with Crippen molar-refractivity contribution in [3.63, 3.8) is 0 Å². The second kappa shape index (κ2) is 7.25. The summed E-state index contributed by atoms with van der Waals surface area (Å²) >= 11 is 0. The van der Waals surface area contributed by atoms with Crippen LogP contribution in [0.3, 0.4) is 0 Å². The van der Waals surface area contributed by atoms with Gasteiger partial charge in [0.1, 0.15) is 12.4 Å². The number of hydrogen-bond acceptors (Lipinski definition) is 3. The first-order chi connectivity index (χ1) is 10.1. The van der Waals surface area contributed by atoms with Gasteiger partial charge in [0.25, 0.3) is 0 Å². The van der Waals surface area contributed by atoms with Crippen LogP contribution in [0.4, 0.5) is 0 Å². The van der Waals surface area contributed by atoms with E-state index in [4.69, 9.17) is 4.74 Å². The summed E-state index contributed by atoms with van der Waals surface area (Å²) in [6, 6.07) is 18.1. The molecule has 0 atom stereocenters. The van der Waals surface area contributed by atoms with Gasteiger partial charge in [-0.25, -0.2) is 0 Å². The fourth-order valence-electron chi connectivity index (χ4n) is 1.92. The van der Waals surface area contributed by atoms with Crippen molar-refractivity contribution in [1.29, 1.82) is 0 Å². The van der Waals surface area contributed by atoms with Gasteiger partial charge in [0.05, 0.1) is 6.61 Å². The molecule has 0 amide bonds. The number of para-hydroxylation sites is 1. The quantitative estimate of drug-likeness (QED) is 0.821. The highest BCUT2D eigenvalue weighted by atomic mass is 16.5. The van der Waals surface area contributed by atoms with Gasteiger partial charge < -0.3 is 15.2 Å². The smallest absolute Gasteiger partial charge is 0.124 e. The van der Waals surface area contributed by atoms with Gasteiger partial charge in [0, 0.05) is 17.6 Å². The average molecular weight is 285 g/mol. The number of hydrogen-bond donors (Lipinski definition) is 2. The van der Waals surface area contributed by atoms with E-state index in [0.29, 0.717) is 13.2 Å². The van der Waals surface area contributed by atoms with Gasteiger partial charge in [-0.2, -0.15) is 0 Å². The number of benzene rings is 2. The molecule has 0 saturated carbocycles. The van der Waals surface area contributed by atoms with Gasteiger partial charge in [-0.05, 0) is 25.5 Å². The molecule has 2 rings (SSSR count). The Morgan fingerprint density at radius 2 is 1.67 bits per heavy atom. The second-order valence-corrected chi connectivity index (χ2v) is 5.78. The molecule has 0 fully saturated rings. The maximum absolute atomic E-state index is 9.30.